The molecule has 0 bridgehead atoms. The number of hydroxylamine groups is 1. The molecule has 0 heterocycles. The first-order valence-electron chi connectivity index (χ1n) is 6.77. The van der Waals surface area contributed by atoms with Crippen LogP contribution in [0.15, 0.2) is 28.3 Å². The van der Waals surface area contributed by atoms with E-state index in [0.29, 0.717) is 12.2 Å². The van der Waals surface area contributed by atoms with Crippen molar-refractivity contribution in [1.29, 1.82) is 0 Å². The SMILES string of the molecule is C=NC(NOCCCCNCC)C(=C)C(Cl)=CC(C)F. The summed E-state index contributed by atoms with van der Waals surface area (Å²) < 4.78 is 12.8. The Kier molecular flexibility index (Phi) is 11.6. The summed E-state index contributed by atoms with van der Waals surface area (Å²) in [5.41, 5.74) is 3.15. The smallest absolute Gasteiger partial charge is 0.147 e. The molecule has 2 unspecified atom stereocenters. The molecular weight excluding hydrogens is 281 g/mol. The molecule has 2 atom stereocenters. The summed E-state index contributed by atoms with van der Waals surface area (Å²) in [6, 6.07) is 0. The van der Waals surface area contributed by atoms with E-state index in [1.54, 1.807) is 0 Å². The maximum absolute atomic E-state index is 12.8. The number of rotatable bonds is 12. The molecule has 0 amide bonds. The van der Waals surface area contributed by atoms with E-state index in [4.69, 9.17) is 16.4 Å². The number of alkyl halides is 1. The van der Waals surface area contributed by atoms with Gasteiger partial charge in [0.05, 0.1) is 6.61 Å². The van der Waals surface area contributed by atoms with Gasteiger partial charge in [-0.3, -0.25) is 9.83 Å². The first-order valence-corrected chi connectivity index (χ1v) is 7.15. The van der Waals surface area contributed by atoms with Crippen molar-refractivity contribution in [3.8, 4) is 0 Å². The standard InChI is InChI=1S/C14H25ClFN3O/c1-5-18-8-6-7-9-20-19-14(17-4)12(3)13(15)10-11(2)16/h10-11,14,18-19H,3-9H2,1-2H3. The van der Waals surface area contributed by atoms with E-state index >= 15 is 0 Å². The number of allylic oxidation sites excluding steroid dienone is 1. The number of halogens is 2. The third kappa shape index (κ3) is 9.20. The van der Waals surface area contributed by atoms with E-state index in [2.05, 4.69) is 36.0 Å². The summed E-state index contributed by atoms with van der Waals surface area (Å²) in [6.45, 7) is 13.2. The van der Waals surface area contributed by atoms with Gasteiger partial charge in [0, 0.05) is 10.6 Å². The van der Waals surface area contributed by atoms with Crippen molar-refractivity contribution >= 4 is 18.3 Å². The van der Waals surface area contributed by atoms with Crippen LogP contribution in [0.4, 0.5) is 4.39 Å². The minimum absolute atomic E-state index is 0.223. The Balaban J connectivity index is 3.98. The Morgan fingerprint density at radius 1 is 1.50 bits per heavy atom. The average molecular weight is 306 g/mol. The topological polar surface area (TPSA) is 45.7 Å². The highest BCUT2D eigenvalue weighted by Crippen LogP contribution is 2.18. The normalized spacial score (nSPS) is 14.9. The fourth-order valence-corrected chi connectivity index (χ4v) is 1.67. The van der Waals surface area contributed by atoms with Gasteiger partial charge in [-0.2, -0.15) is 5.48 Å². The van der Waals surface area contributed by atoms with Gasteiger partial charge < -0.3 is 5.32 Å². The Morgan fingerprint density at radius 3 is 2.75 bits per heavy atom. The van der Waals surface area contributed by atoms with Gasteiger partial charge >= 0.3 is 0 Å². The Hall–Kier alpha value is -0.750. The van der Waals surface area contributed by atoms with Crippen LogP contribution in [-0.4, -0.2) is 38.8 Å². The molecule has 0 aliphatic rings. The van der Waals surface area contributed by atoms with Crippen molar-refractivity contribution in [2.45, 2.75) is 39.0 Å². The van der Waals surface area contributed by atoms with E-state index in [-0.39, 0.29) is 5.03 Å². The molecule has 0 aromatic carbocycles. The fraction of sp³-hybridized carbons (Fsp3) is 0.643. The zero-order valence-corrected chi connectivity index (χ0v) is 13.0. The maximum atomic E-state index is 12.8. The maximum Gasteiger partial charge on any atom is 0.147 e. The van der Waals surface area contributed by atoms with Crippen LogP contribution in [-0.2, 0) is 4.84 Å². The second kappa shape index (κ2) is 12.0. The molecule has 116 valence electrons. The molecule has 20 heavy (non-hydrogen) atoms. The number of hydrogen-bond acceptors (Lipinski definition) is 4. The van der Waals surface area contributed by atoms with E-state index in [9.17, 15) is 4.39 Å². The number of hydrogen-bond donors (Lipinski definition) is 2. The molecule has 4 nitrogen and oxygen atoms in total. The average Bonchev–Trinajstić information content (AvgIpc) is 2.40. The lowest BCUT2D eigenvalue weighted by molar-refractivity contribution is 0.0244. The summed E-state index contributed by atoms with van der Waals surface area (Å²) in [7, 11) is 0. The van der Waals surface area contributed by atoms with Gasteiger partial charge in [-0.05, 0) is 45.6 Å². The summed E-state index contributed by atoms with van der Waals surface area (Å²) in [5.74, 6) is 0. The highest BCUT2D eigenvalue weighted by Gasteiger charge is 2.13. The lowest BCUT2D eigenvalue weighted by Gasteiger charge is -2.16. The minimum Gasteiger partial charge on any atom is -0.317 e. The molecular formula is C14H25ClFN3O. The molecule has 0 aliphatic heterocycles. The molecule has 0 aromatic rings. The predicted molar refractivity (Wildman–Crippen MR) is 83.8 cm³/mol. The van der Waals surface area contributed by atoms with Gasteiger partial charge in [0.15, 0.2) is 0 Å². The summed E-state index contributed by atoms with van der Waals surface area (Å²) >= 11 is 5.93. The molecule has 0 saturated carbocycles. The first kappa shape index (κ1) is 19.2. The van der Waals surface area contributed by atoms with Crippen LogP contribution in [0.1, 0.15) is 26.7 Å². The van der Waals surface area contributed by atoms with E-state index in [1.807, 2.05) is 0 Å². The molecule has 0 aliphatic carbocycles. The minimum atomic E-state index is -1.14. The van der Waals surface area contributed by atoms with Crippen LogP contribution in [0.2, 0.25) is 0 Å². The largest absolute Gasteiger partial charge is 0.317 e. The van der Waals surface area contributed by atoms with Crippen molar-refractivity contribution in [2.24, 2.45) is 4.99 Å². The number of aliphatic imine (C=N–C) groups is 1. The van der Waals surface area contributed by atoms with Gasteiger partial charge in [0.1, 0.15) is 12.3 Å². The molecule has 0 aromatic heterocycles. The van der Waals surface area contributed by atoms with Crippen molar-refractivity contribution < 1.29 is 9.23 Å². The molecule has 0 fully saturated rings. The molecule has 6 heteroatoms. The number of nitrogens with zero attached hydrogens (tertiary/aromatic N) is 1. The molecule has 2 N–H and O–H groups in total. The summed E-state index contributed by atoms with van der Waals surface area (Å²) in [4.78, 5) is 9.11. The predicted octanol–water partition coefficient (Wildman–Crippen LogP) is 2.96. The van der Waals surface area contributed by atoms with Crippen molar-refractivity contribution in [2.75, 3.05) is 19.7 Å². The van der Waals surface area contributed by atoms with Crippen molar-refractivity contribution in [1.82, 2.24) is 10.8 Å². The van der Waals surface area contributed by atoms with Gasteiger partial charge in [-0.1, -0.05) is 25.1 Å². The lowest BCUT2D eigenvalue weighted by atomic mass is 10.2. The van der Waals surface area contributed by atoms with E-state index in [0.717, 1.165) is 25.9 Å². The van der Waals surface area contributed by atoms with E-state index in [1.165, 1.54) is 13.0 Å². The third-order valence-corrected chi connectivity index (χ3v) is 2.86. The first-order chi connectivity index (χ1) is 9.52. The monoisotopic (exact) mass is 305 g/mol. The van der Waals surface area contributed by atoms with Crippen LogP contribution in [0.3, 0.4) is 0 Å². The zero-order chi connectivity index (χ0) is 15.4. The molecule has 0 rings (SSSR count). The highest BCUT2D eigenvalue weighted by atomic mass is 35.5. The zero-order valence-electron chi connectivity index (χ0n) is 12.3. The second-order valence-electron chi connectivity index (χ2n) is 4.33. The van der Waals surface area contributed by atoms with Crippen molar-refractivity contribution in [3.63, 3.8) is 0 Å². The number of unbranched alkanes of at least 4 members (excludes halogenated alkanes) is 1. The van der Waals surface area contributed by atoms with Gasteiger partial charge in [-0.25, -0.2) is 4.39 Å². The van der Waals surface area contributed by atoms with Crippen LogP contribution >= 0.6 is 11.6 Å². The Morgan fingerprint density at radius 2 is 2.20 bits per heavy atom. The Labute approximate surface area is 126 Å². The van der Waals surface area contributed by atoms with Gasteiger partial charge in [0.25, 0.3) is 0 Å². The highest BCUT2D eigenvalue weighted by molar-refractivity contribution is 6.32. The summed E-state index contributed by atoms with van der Waals surface area (Å²) in [5, 5.41) is 3.45. The van der Waals surface area contributed by atoms with Crippen LogP contribution in [0, 0.1) is 0 Å². The van der Waals surface area contributed by atoms with Gasteiger partial charge in [0.2, 0.25) is 0 Å². The fourth-order valence-electron chi connectivity index (χ4n) is 1.40. The number of nitrogens with one attached hydrogen (secondary N) is 2. The third-order valence-electron chi connectivity index (χ3n) is 2.49. The van der Waals surface area contributed by atoms with Gasteiger partial charge in [-0.15, -0.1) is 0 Å². The van der Waals surface area contributed by atoms with Crippen LogP contribution in [0.5, 0.6) is 0 Å². The van der Waals surface area contributed by atoms with Crippen LogP contribution < -0.4 is 10.8 Å². The molecule has 0 spiro atoms. The quantitative estimate of drug-likeness (QED) is 0.252. The second-order valence-corrected chi connectivity index (χ2v) is 4.74. The summed E-state index contributed by atoms with van der Waals surface area (Å²) in [6.07, 6.45) is 1.49. The Bertz CT molecular complexity index is 322. The van der Waals surface area contributed by atoms with E-state index < -0.39 is 12.3 Å². The molecule has 0 saturated heterocycles. The lowest BCUT2D eigenvalue weighted by Crippen LogP contribution is -2.29. The molecule has 0 radical (unpaired) electrons. The van der Waals surface area contributed by atoms with Crippen molar-refractivity contribution in [3.05, 3.63) is 23.3 Å². The van der Waals surface area contributed by atoms with Crippen LogP contribution in [0.25, 0.3) is 0 Å².